The number of nitrogen functional groups attached to an aromatic ring is 1. The molecule has 32 heavy (non-hydrogen) atoms. The van der Waals surface area contributed by atoms with E-state index in [1.165, 1.54) is 43.5 Å². The van der Waals surface area contributed by atoms with Crippen LogP contribution in [0.1, 0.15) is 30.4 Å². The third-order valence-corrected chi connectivity index (χ3v) is 7.21. The second kappa shape index (κ2) is 9.85. The zero-order chi connectivity index (χ0) is 21.8. The zero-order valence-electron chi connectivity index (χ0n) is 18.8. The van der Waals surface area contributed by atoms with Crippen LogP contribution in [-0.2, 0) is 13.0 Å². The summed E-state index contributed by atoms with van der Waals surface area (Å²) in [6.45, 7) is 4.59. The normalized spacial score (nSPS) is 23.2. The van der Waals surface area contributed by atoms with Crippen LogP contribution >= 0.6 is 0 Å². The Labute approximate surface area is 191 Å². The molecule has 1 aliphatic carbocycles. The molecule has 5 rings (SSSR count). The van der Waals surface area contributed by atoms with Gasteiger partial charge in [-0.2, -0.15) is 0 Å². The molecular formula is C28H34N4. The molecule has 1 aromatic heterocycles. The average Bonchev–Trinajstić information content (AvgIpc) is 2.80. The van der Waals surface area contributed by atoms with Crippen molar-refractivity contribution in [2.24, 2.45) is 11.8 Å². The van der Waals surface area contributed by atoms with Gasteiger partial charge in [-0.3, -0.25) is 4.90 Å². The van der Waals surface area contributed by atoms with Gasteiger partial charge >= 0.3 is 0 Å². The highest BCUT2D eigenvalue weighted by molar-refractivity contribution is 5.61. The number of hydrogen-bond acceptors (Lipinski definition) is 4. The monoisotopic (exact) mass is 426 g/mol. The standard InChI is InChI=1S/C28H34N4/c29-27-11-5-10-26(31-27)23-14-12-21(13-15-23)16-17-30-28-24-8-4-9-25(28)20-32(19-24)18-22-6-2-1-3-7-22/h1-3,5-7,10-15,24-25,28,30H,4,8-9,16-20H2,(H2,29,31). The van der Waals surface area contributed by atoms with Gasteiger partial charge in [-0.15, -0.1) is 0 Å². The summed E-state index contributed by atoms with van der Waals surface area (Å²) in [6.07, 6.45) is 5.18. The van der Waals surface area contributed by atoms with Crippen molar-refractivity contribution >= 4 is 5.82 Å². The summed E-state index contributed by atoms with van der Waals surface area (Å²) in [5.41, 5.74) is 10.7. The molecule has 2 fully saturated rings. The van der Waals surface area contributed by atoms with Crippen LogP contribution in [0.3, 0.4) is 0 Å². The van der Waals surface area contributed by atoms with Crippen LogP contribution < -0.4 is 11.1 Å². The Hall–Kier alpha value is -2.69. The Morgan fingerprint density at radius 2 is 1.59 bits per heavy atom. The van der Waals surface area contributed by atoms with E-state index in [2.05, 4.69) is 69.8 Å². The highest BCUT2D eigenvalue weighted by Crippen LogP contribution is 2.35. The van der Waals surface area contributed by atoms with E-state index in [1.807, 2.05) is 18.2 Å². The number of fused-ring (bicyclic) bond motifs is 2. The number of hydrogen-bond donors (Lipinski definition) is 2. The molecule has 4 nitrogen and oxygen atoms in total. The van der Waals surface area contributed by atoms with E-state index in [0.29, 0.717) is 11.9 Å². The molecule has 0 radical (unpaired) electrons. The minimum Gasteiger partial charge on any atom is -0.384 e. The van der Waals surface area contributed by atoms with E-state index >= 15 is 0 Å². The lowest BCUT2D eigenvalue weighted by Gasteiger charge is -2.48. The first-order valence-corrected chi connectivity index (χ1v) is 12.1. The van der Waals surface area contributed by atoms with Gasteiger partial charge in [0.05, 0.1) is 5.69 Å². The summed E-state index contributed by atoms with van der Waals surface area (Å²) in [5, 5.41) is 3.95. The van der Waals surface area contributed by atoms with Gasteiger partial charge in [0.1, 0.15) is 5.82 Å². The molecule has 2 aromatic carbocycles. The number of anilines is 1. The Morgan fingerprint density at radius 3 is 2.31 bits per heavy atom. The second-order valence-electron chi connectivity index (χ2n) is 9.51. The molecule has 166 valence electrons. The zero-order valence-corrected chi connectivity index (χ0v) is 18.8. The topological polar surface area (TPSA) is 54.2 Å². The molecule has 2 atom stereocenters. The van der Waals surface area contributed by atoms with Crippen LogP contribution in [0.25, 0.3) is 11.3 Å². The van der Waals surface area contributed by atoms with Gasteiger partial charge in [0, 0.05) is 31.2 Å². The molecule has 1 saturated carbocycles. The van der Waals surface area contributed by atoms with Gasteiger partial charge in [-0.05, 0) is 60.9 Å². The van der Waals surface area contributed by atoms with Crippen molar-refractivity contribution in [2.45, 2.75) is 38.3 Å². The number of nitrogens with two attached hydrogens (primary N) is 1. The molecular weight excluding hydrogens is 392 g/mol. The summed E-state index contributed by atoms with van der Waals surface area (Å²) in [6, 6.07) is 26.2. The number of nitrogens with one attached hydrogen (secondary N) is 1. The SMILES string of the molecule is Nc1cccc(-c2ccc(CCNC3C4CCCC3CN(Cc3ccccc3)C4)cc2)n1. The average molecular weight is 427 g/mol. The number of aromatic nitrogens is 1. The fraction of sp³-hybridized carbons (Fsp3) is 0.393. The summed E-state index contributed by atoms with van der Waals surface area (Å²) in [5.74, 6) is 2.13. The van der Waals surface area contributed by atoms with Crippen LogP contribution in [0, 0.1) is 11.8 Å². The van der Waals surface area contributed by atoms with Crippen molar-refractivity contribution in [3.63, 3.8) is 0 Å². The molecule has 2 bridgehead atoms. The molecule has 2 heterocycles. The molecule has 2 unspecified atom stereocenters. The Morgan fingerprint density at radius 1 is 0.844 bits per heavy atom. The fourth-order valence-corrected chi connectivity index (χ4v) is 5.68. The van der Waals surface area contributed by atoms with Crippen molar-refractivity contribution in [3.05, 3.63) is 83.9 Å². The summed E-state index contributed by atoms with van der Waals surface area (Å²) < 4.78 is 0. The first kappa shape index (κ1) is 21.2. The maximum atomic E-state index is 5.83. The van der Waals surface area contributed by atoms with E-state index in [1.54, 1.807) is 0 Å². The molecule has 4 heteroatoms. The molecule has 2 aliphatic rings. The van der Waals surface area contributed by atoms with E-state index in [4.69, 9.17) is 5.73 Å². The Balaban J connectivity index is 1.14. The summed E-state index contributed by atoms with van der Waals surface area (Å²) >= 11 is 0. The van der Waals surface area contributed by atoms with E-state index in [9.17, 15) is 0 Å². The first-order valence-electron chi connectivity index (χ1n) is 12.1. The van der Waals surface area contributed by atoms with Gasteiger partial charge < -0.3 is 11.1 Å². The van der Waals surface area contributed by atoms with Crippen molar-refractivity contribution in [1.82, 2.24) is 15.2 Å². The van der Waals surface area contributed by atoms with Gasteiger partial charge in [0.25, 0.3) is 0 Å². The lowest BCUT2D eigenvalue weighted by Crippen LogP contribution is -2.57. The third kappa shape index (κ3) is 5.03. The number of nitrogens with zero attached hydrogens (tertiary/aromatic N) is 2. The highest BCUT2D eigenvalue weighted by Gasteiger charge is 2.38. The highest BCUT2D eigenvalue weighted by atomic mass is 15.2. The molecule has 3 N–H and O–H groups in total. The van der Waals surface area contributed by atoms with Crippen LogP contribution in [0.15, 0.2) is 72.8 Å². The predicted octanol–water partition coefficient (Wildman–Crippen LogP) is 4.76. The van der Waals surface area contributed by atoms with Gasteiger partial charge in [0.15, 0.2) is 0 Å². The maximum Gasteiger partial charge on any atom is 0.124 e. The first-order chi connectivity index (χ1) is 15.7. The van der Waals surface area contributed by atoms with Crippen LogP contribution in [0.2, 0.25) is 0 Å². The van der Waals surface area contributed by atoms with Gasteiger partial charge in [0.2, 0.25) is 0 Å². The lowest BCUT2D eigenvalue weighted by molar-refractivity contribution is 0.0426. The van der Waals surface area contributed by atoms with Gasteiger partial charge in [-0.25, -0.2) is 4.98 Å². The van der Waals surface area contributed by atoms with E-state index < -0.39 is 0 Å². The third-order valence-electron chi connectivity index (χ3n) is 7.21. The number of likely N-dealkylation sites (tertiary alicyclic amines) is 1. The summed E-state index contributed by atoms with van der Waals surface area (Å²) in [4.78, 5) is 7.11. The second-order valence-corrected chi connectivity index (χ2v) is 9.51. The number of benzene rings is 2. The van der Waals surface area contributed by atoms with Crippen LogP contribution in [0.4, 0.5) is 5.82 Å². The number of piperidine rings is 1. The minimum atomic E-state index is 0.566. The van der Waals surface area contributed by atoms with Gasteiger partial charge in [-0.1, -0.05) is 67.1 Å². The fourth-order valence-electron chi connectivity index (χ4n) is 5.68. The number of rotatable bonds is 7. The number of pyridine rings is 1. The quantitative estimate of drug-likeness (QED) is 0.572. The smallest absolute Gasteiger partial charge is 0.124 e. The summed E-state index contributed by atoms with van der Waals surface area (Å²) in [7, 11) is 0. The van der Waals surface area contributed by atoms with Crippen LogP contribution in [-0.4, -0.2) is 35.6 Å². The molecule has 0 spiro atoms. The molecule has 3 aromatic rings. The predicted molar refractivity (Wildman–Crippen MR) is 132 cm³/mol. The maximum absolute atomic E-state index is 5.83. The van der Waals surface area contributed by atoms with Crippen molar-refractivity contribution in [3.8, 4) is 11.3 Å². The molecule has 1 aliphatic heterocycles. The lowest BCUT2D eigenvalue weighted by atomic mass is 9.73. The van der Waals surface area contributed by atoms with Crippen molar-refractivity contribution < 1.29 is 0 Å². The van der Waals surface area contributed by atoms with Crippen LogP contribution in [0.5, 0.6) is 0 Å². The molecule has 0 amide bonds. The van der Waals surface area contributed by atoms with Crippen molar-refractivity contribution in [2.75, 3.05) is 25.4 Å². The molecule has 1 saturated heterocycles. The largest absolute Gasteiger partial charge is 0.384 e. The Bertz CT molecular complexity index is 987. The minimum absolute atomic E-state index is 0.566. The van der Waals surface area contributed by atoms with E-state index in [0.717, 1.165) is 42.6 Å². The Kier molecular flexibility index (Phi) is 6.51. The van der Waals surface area contributed by atoms with E-state index in [-0.39, 0.29) is 0 Å². The van der Waals surface area contributed by atoms with Crippen molar-refractivity contribution in [1.29, 1.82) is 0 Å².